The predicted molar refractivity (Wildman–Crippen MR) is 168 cm³/mol. The molecule has 2 aliphatic rings. The molecular formula is C33H43N7. The van der Waals surface area contributed by atoms with Crippen molar-refractivity contribution < 1.29 is 0 Å². The largest absolute Gasteiger partial charge is 0.384 e. The van der Waals surface area contributed by atoms with Crippen LogP contribution in [0, 0.1) is 19.8 Å². The SMILES string of the molecule is C#C.C/C=C\c1[nH]c(-c2nc(C3CCCN(C/C=C/NC4CCC=C/C4=C/C)CC3)n3ccnc(N)c23)cc1C. The number of nitrogens with one attached hydrogen (secondary N) is 2. The van der Waals surface area contributed by atoms with Crippen molar-refractivity contribution in [1.29, 1.82) is 0 Å². The van der Waals surface area contributed by atoms with E-state index in [0.29, 0.717) is 17.8 Å². The van der Waals surface area contributed by atoms with Gasteiger partial charge in [-0.25, -0.2) is 9.97 Å². The van der Waals surface area contributed by atoms with E-state index in [-0.39, 0.29) is 0 Å². The lowest BCUT2D eigenvalue weighted by Crippen LogP contribution is -2.28. The number of terminal acetylenes is 1. The molecule has 0 bridgehead atoms. The third kappa shape index (κ3) is 6.40. The third-order valence-electron chi connectivity index (χ3n) is 7.89. The van der Waals surface area contributed by atoms with Crippen molar-refractivity contribution in [3.05, 3.63) is 77.7 Å². The van der Waals surface area contributed by atoms with Crippen molar-refractivity contribution in [2.45, 2.75) is 64.8 Å². The van der Waals surface area contributed by atoms with Gasteiger partial charge in [-0.3, -0.25) is 9.30 Å². The van der Waals surface area contributed by atoms with E-state index >= 15 is 0 Å². The molecule has 1 saturated heterocycles. The Morgan fingerprint density at radius 2 is 2.05 bits per heavy atom. The van der Waals surface area contributed by atoms with Gasteiger partial charge in [0.1, 0.15) is 22.9 Å². The molecule has 3 aromatic rings. The quantitative estimate of drug-likeness (QED) is 0.311. The summed E-state index contributed by atoms with van der Waals surface area (Å²) in [6.45, 7) is 9.39. The average molecular weight is 538 g/mol. The van der Waals surface area contributed by atoms with E-state index in [1.165, 1.54) is 11.1 Å². The highest BCUT2D eigenvalue weighted by Gasteiger charge is 2.25. The molecule has 0 spiro atoms. The van der Waals surface area contributed by atoms with Crippen molar-refractivity contribution in [2.24, 2.45) is 0 Å². The van der Waals surface area contributed by atoms with Crippen molar-refractivity contribution in [3.8, 4) is 24.2 Å². The molecule has 7 nitrogen and oxygen atoms in total. The average Bonchev–Trinajstić information content (AvgIpc) is 3.45. The maximum atomic E-state index is 6.40. The van der Waals surface area contributed by atoms with E-state index in [1.54, 1.807) is 6.20 Å². The fraction of sp³-hybridized carbons (Fsp3) is 0.394. The monoisotopic (exact) mass is 537 g/mol. The summed E-state index contributed by atoms with van der Waals surface area (Å²) in [7, 11) is 0. The number of anilines is 1. The van der Waals surface area contributed by atoms with Crippen molar-refractivity contribution in [2.75, 3.05) is 25.4 Å². The van der Waals surface area contributed by atoms with Crippen LogP contribution in [0.15, 0.2) is 60.6 Å². The number of hydrogen-bond donors (Lipinski definition) is 3. The van der Waals surface area contributed by atoms with Crippen LogP contribution in [-0.2, 0) is 0 Å². The summed E-state index contributed by atoms with van der Waals surface area (Å²) in [6, 6.07) is 2.59. The Bertz CT molecular complexity index is 1420. The Morgan fingerprint density at radius 1 is 1.20 bits per heavy atom. The van der Waals surface area contributed by atoms with Crippen LogP contribution >= 0.6 is 0 Å². The first-order chi connectivity index (χ1) is 19.6. The molecule has 0 aromatic carbocycles. The number of aromatic nitrogens is 4. The molecule has 1 aliphatic heterocycles. The Labute approximate surface area is 239 Å². The zero-order valence-electron chi connectivity index (χ0n) is 24.1. The number of likely N-dealkylation sites (tertiary alicyclic amines) is 1. The zero-order valence-corrected chi connectivity index (χ0v) is 24.1. The number of H-pyrrole nitrogens is 1. The maximum absolute atomic E-state index is 6.40. The lowest BCUT2D eigenvalue weighted by molar-refractivity contribution is 0.313. The molecule has 40 heavy (non-hydrogen) atoms. The standard InChI is InChI=1S/C31H41N7.C2H2/c1-4-10-25-22(3)21-27(35-25)28-29-30(32)34-16-20-38(29)31(36-28)24-12-8-17-37(19-14-24)18-9-15-33-26-13-7-6-11-23(26)5-2;1-2/h4-6,9-11,15-16,20-21,24,26,33,35H,7-8,12-14,17-19H2,1-3H3,(H2,32,34);1-2H/b10-4-,15-9+,23-5-;. The van der Waals surface area contributed by atoms with E-state index in [1.807, 2.05) is 19.2 Å². The Hall–Kier alpha value is -4.02. The van der Waals surface area contributed by atoms with E-state index < -0.39 is 0 Å². The van der Waals surface area contributed by atoms with Gasteiger partial charge in [-0.05, 0) is 95.4 Å². The normalized spacial score (nSPS) is 21.2. The van der Waals surface area contributed by atoms with Gasteiger partial charge in [-0.2, -0.15) is 0 Å². The molecule has 5 rings (SSSR count). The number of rotatable bonds is 7. The Balaban J connectivity index is 0.00000181. The fourth-order valence-corrected chi connectivity index (χ4v) is 5.83. The maximum Gasteiger partial charge on any atom is 0.150 e. The number of imidazole rings is 1. The van der Waals surface area contributed by atoms with Crippen molar-refractivity contribution >= 4 is 17.4 Å². The van der Waals surface area contributed by atoms with E-state index in [0.717, 1.165) is 80.2 Å². The molecule has 4 heterocycles. The molecule has 4 N–H and O–H groups in total. The molecule has 1 fully saturated rings. The lowest BCUT2D eigenvalue weighted by atomic mass is 9.96. The summed E-state index contributed by atoms with van der Waals surface area (Å²) < 4.78 is 2.17. The number of allylic oxidation sites excluding steroid dienone is 3. The van der Waals surface area contributed by atoms with Gasteiger partial charge in [-0.15, -0.1) is 12.8 Å². The Kier molecular flexibility index (Phi) is 10.0. The van der Waals surface area contributed by atoms with Crippen molar-refractivity contribution in [1.82, 2.24) is 29.6 Å². The van der Waals surface area contributed by atoms with Crippen LogP contribution in [0.3, 0.4) is 0 Å². The molecule has 0 amide bonds. The first-order valence-corrected chi connectivity index (χ1v) is 14.3. The number of aromatic amines is 1. The van der Waals surface area contributed by atoms with Gasteiger partial charge in [0.25, 0.3) is 0 Å². The number of hydrogen-bond acceptors (Lipinski definition) is 5. The second-order valence-electron chi connectivity index (χ2n) is 10.4. The topological polar surface area (TPSA) is 87.3 Å². The van der Waals surface area contributed by atoms with Gasteiger partial charge in [0.05, 0.1) is 11.7 Å². The van der Waals surface area contributed by atoms with Gasteiger partial charge in [-0.1, -0.05) is 30.4 Å². The zero-order chi connectivity index (χ0) is 28.5. The van der Waals surface area contributed by atoms with E-state index in [2.05, 4.69) is 93.9 Å². The highest BCUT2D eigenvalue weighted by atomic mass is 15.1. The van der Waals surface area contributed by atoms with E-state index in [9.17, 15) is 0 Å². The van der Waals surface area contributed by atoms with Crippen LogP contribution in [0.5, 0.6) is 0 Å². The summed E-state index contributed by atoms with van der Waals surface area (Å²) in [5.74, 6) is 1.98. The summed E-state index contributed by atoms with van der Waals surface area (Å²) in [5, 5.41) is 3.60. The molecular weight excluding hydrogens is 494 g/mol. The van der Waals surface area contributed by atoms with Crippen LogP contribution in [0.1, 0.15) is 69.0 Å². The first-order valence-electron chi connectivity index (χ1n) is 14.3. The lowest BCUT2D eigenvalue weighted by Gasteiger charge is -2.22. The summed E-state index contributed by atoms with van der Waals surface area (Å²) >= 11 is 0. The highest BCUT2D eigenvalue weighted by Crippen LogP contribution is 2.35. The molecule has 1 aliphatic carbocycles. The molecule has 3 aromatic heterocycles. The minimum atomic E-state index is 0.377. The number of nitrogen functional groups attached to an aromatic ring is 1. The van der Waals surface area contributed by atoms with E-state index in [4.69, 9.17) is 10.7 Å². The summed E-state index contributed by atoms with van der Waals surface area (Å²) in [5.41, 5.74) is 12.8. The summed E-state index contributed by atoms with van der Waals surface area (Å²) in [6.07, 6.45) is 32.7. The van der Waals surface area contributed by atoms with Crippen LogP contribution in [0.2, 0.25) is 0 Å². The number of nitrogens with zero attached hydrogens (tertiary/aromatic N) is 4. The van der Waals surface area contributed by atoms with Crippen LogP contribution in [0.4, 0.5) is 5.82 Å². The smallest absolute Gasteiger partial charge is 0.150 e. The van der Waals surface area contributed by atoms with Crippen LogP contribution in [0.25, 0.3) is 23.0 Å². The molecule has 0 radical (unpaired) electrons. The van der Waals surface area contributed by atoms with Gasteiger partial charge >= 0.3 is 0 Å². The highest BCUT2D eigenvalue weighted by molar-refractivity contribution is 5.85. The van der Waals surface area contributed by atoms with Gasteiger partial charge in [0.15, 0.2) is 0 Å². The summed E-state index contributed by atoms with van der Waals surface area (Å²) in [4.78, 5) is 15.7. The van der Waals surface area contributed by atoms with Crippen molar-refractivity contribution in [3.63, 3.8) is 0 Å². The minimum Gasteiger partial charge on any atom is -0.384 e. The number of fused-ring (bicyclic) bond motifs is 1. The van der Waals surface area contributed by atoms with Gasteiger partial charge in [0, 0.05) is 30.6 Å². The fourth-order valence-electron chi connectivity index (χ4n) is 5.83. The minimum absolute atomic E-state index is 0.377. The second-order valence-corrected chi connectivity index (χ2v) is 10.4. The predicted octanol–water partition coefficient (Wildman–Crippen LogP) is 6.24. The number of aryl methyl sites for hydroxylation is 1. The van der Waals surface area contributed by atoms with Crippen LogP contribution < -0.4 is 11.1 Å². The first kappa shape index (κ1) is 29.0. The van der Waals surface area contributed by atoms with Gasteiger partial charge in [0.2, 0.25) is 0 Å². The van der Waals surface area contributed by atoms with Gasteiger partial charge < -0.3 is 16.0 Å². The molecule has 2 unspecified atom stereocenters. The second kappa shape index (κ2) is 13.9. The molecule has 0 saturated carbocycles. The molecule has 7 heteroatoms. The third-order valence-corrected chi connectivity index (χ3v) is 7.89. The van der Waals surface area contributed by atoms with Crippen LogP contribution in [-0.4, -0.2) is 49.9 Å². The number of nitrogens with two attached hydrogens (primary N) is 1. The molecule has 210 valence electrons. The molecule has 2 atom stereocenters. The Morgan fingerprint density at radius 3 is 2.85 bits per heavy atom.